The second kappa shape index (κ2) is 5.38. The number of methoxy groups -OCH3 is 1. The fourth-order valence-corrected chi connectivity index (χ4v) is 2.40. The third-order valence-corrected chi connectivity index (χ3v) is 3.70. The topological polar surface area (TPSA) is 50.5 Å². The zero-order chi connectivity index (χ0) is 12.4. The van der Waals surface area contributed by atoms with E-state index in [1.807, 2.05) is 0 Å². The number of nitrogens with one attached hydrogen (secondary N) is 1. The predicted octanol–water partition coefficient (Wildman–Crippen LogP) is 1.15. The number of nitrogens with zero attached hydrogens (tertiary/aromatic N) is 2. The fraction of sp³-hybridized carbons (Fsp3) is 0.769. The summed E-state index contributed by atoms with van der Waals surface area (Å²) < 4.78 is 10.7. The summed E-state index contributed by atoms with van der Waals surface area (Å²) in [5.74, 6) is 0.958. The Hall–Kier alpha value is -0.910. The number of aromatic nitrogens is 1. The number of rotatable bonds is 6. The second-order valence-electron chi connectivity index (χ2n) is 5.32. The van der Waals surface area contributed by atoms with Crippen LogP contribution in [0.15, 0.2) is 10.6 Å². The summed E-state index contributed by atoms with van der Waals surface area (Å²) >= 11 is 0. The van der Waals surface area contributed by atoms with Gasteiger partial charge in [0.05, 0.1) is 18.3 Å². The minimum absolute atomic E-state index is 0.379. The molecule has 5 heteroatoms. The molecule has 1 aromatic rings. The maximum atomic E-state index is 5.38. The molecule has 2 fully saturated rings. The molecule has 18 heavy (non-hydrogen) atoms. The zero-order valence-corrected chi connectivity index (χ0v) is 10.9. The van der Waals surface area contributed by atoms with Crippen molar-refractivity contribution in [2.24, 2.45) is 0 Å². The van der Waals surface area contributed by atoms with Crippen molar-refractivity contribution in [1.82, 2.24) is 15.4 Å². The van der Waals surface area contributed by atoms with E-state index in [4.69, 9.17) is 9.26 Å². The molecule has 1 unspecified atom stereocenters. The highest BCUT2D eigenvalue weighted by atomic mass is 16.5. The van der Waals surface area contributed by atoms with E-state index in [9.17, 15) is 0 Å². The quantitative estimate of drug-likeness (QED) is 0.822. The monoisotopic (exact) mass is 251 g/mol. The van der Waals surface area contributed by atoms with Crippen LogP contribution in [0.2, 0.25) is 0 Å². The fourth-order valence-electron chi connectivity index (χ4n) is 2.40. The summed E-state index contributed by atoms with van der Waals surface area (Å²) in [6.45, 7) is 3.74. The van der Waals surface area contributed by atoms with Crippen LogP contribution >= 0.6 is 0 Å². The van der Waals surface area contributed by atoms with Crippen molar-refractivity contribution in [3.8, 4) is 0 Å². The van der Waals surface area contributed by atoms with E-state index in [-0.39, 0.29) is 0 Å². The van der Waals surface area contributed by atoms with Gasteiger partial charge in [-0.2, -0.15) is 0 Å². The van der Waals surface area contributed by atoms with Crippen molar-refractivity contribution in [3.05, 3.63) is 17.5 Å². The molecule has 0 spiro atoms. The van der Waals surface area contributed by atoms with Crippen molar-refractivity contribution in [2.45, 2.75) is 44.5 Å². The Bertz CT molecular complexity index is 389. The van der Waals surface area contributed by atoms with Gasteiger partial charge in [-0.3, -0.25) is 4.90 Å². The highest BCUT2D eigenvalue weighted by Gasteiger charge is 2.23. The number of likely N-dealkylation sites (tertiary alicyclic amines) is 1. The lowest BCUT2D eigenvalue weighted by atomic mass is 10.3. The van der Waals surface area contributed by atoms with E-state index in [2.05, 4.69) is 21.4 Å². The van der Waals surface area contributed by atoms with Crippen molar-refractivity contribution >= 4 is 0 Å². The molecular weight excluding hydrogens is 230 g/mol. The second-order valence-corrected chi connectivity index (χ2v) is 5.32. The van der Waals surface area contributed by atoms with Crippen molar-refractivity contribution in [1.29, 1.82) is 0 Å². The average Bonchev–Trinajstić information content (AvgIpc) is 2.93. The molecule has 2 aliphatic rings. The third-order valence-electron chi connectivity index (χ3n) is 3.70. The maximum Gasteiger partial charge on any atom is 0.151 e. The predicted molar refractivity (Wildman–Crippen MR) is 67.1 cm³/mol. The molecule has 1 aromatic heterocycles. The van der Waals surface area contributed by atoms with Crippen LogP contribution in [0.4, 0.5) is 0 Å². The summed E-state index contributed by atoms with van der Waals surface area (Å²) in [4.78, 5) is 2.35. The molecule has 3 rings (SSSR count). The lowest BCUT2D eigenvalue weighted by Crippen LogP contribution is -2.22. The van der Waals surface area contributed by atoms with Crippen LogP contribution in [0.5, 0.6) is 0 Å². The Labute approximate surface area is 107 Å². The molecule has 1 aliphatic heterocycles. The van der Waals surface area contributed by atoms with Gasteiger partial charge in [0.25, 0.3) is 0 Å². The molecule has 0 aromatic carbocycles. The van der Waals surface area contributed by atoms with E-state index in [0.29, 0.717) is 12.1 Å². The lowest BCUT2D eigenvalue weighted by molar-refractivity contribution is 0.106. The van der Waals surface area contributed by atoms with E-state index >= 15 is 0 Å². The maximum absolute atomic E-state index is 5.38. The van der Waals surface area contributed by atoms with E-state index in [0.717, 1.165) is 44.1 Å². The molecule has 1 aliphatic carbocycles. The molecule has 0 radical (unpaired) electrons. The summed E-state index contributed by atoms with van der Waals surface area (Å²) in [6, 6.07) is 2.78. The first kappa shape index (κ1) is 12.1. The van der Waals surface area contributed by atoms with Crippen LogP contribution in [0.25, 0.3) is 0 Å². The molecule has 0 amide bonds. The van der Waals surface area contributed by atoms with Gasteiger partial charge >= 0.3 is 0 Å². The molecule has 2 heterocycles. The van der Waals surface area contributed by atoms with Gasteiger partial charge in [-0.05, 0) is 19.3 Å². The van der Waals surface area contributed by atoms with Gasteiger partial charge in [-0.1, -0.05) is 5.16 Å². The first-order chi connectivity index (χ1) is 8.83. The molecule has 1 N–H and O–H groups in total. The smallest absolute Gasteiger partial charge is 0.151 e. The summed E-state index contributed by atoms with van der Waals surface area (Å²) in [5.41, 5.74) is 1.01. The van der Waals surface area contributed by atoms with Crippen LogP contribution in [-0.2, 0) is 17.8 Å². The minimum atomic E-state index is 0.379. The Morgan fingerprint density at radius 1 is 1.50 bits per heavy atom. The summed E-state index contributed by atoms with van der Waals surface area (Å²) in [6.07, 6.45) is 4.10. The van der Waals surface area contributed by atoms with Gasteiger partial charge < -0.3 is 14.6 Å². The minimum Gasteiger partial charge on any atom is -0.380 e. The number of hydrogen-bond acceptors (Lipinski definition) is 5. The molecular formula is C13H21N3O2. The molecule has 1 atom stereocenters. The molecule has 1 saturated carbocycles. The SMILES string of the molecule is COC1CCN(Cc2cc(CNC3CC3)no2)C1. The number of hydrogen-bond donors (Lipinski definition) is 1. The molecule has 5 nitrogen and oxygen atoms in total. The van der Waals surface area contributed by atoms with Crippen LogP contribution in [0.1, 0.15) is 30.7 Å². The zero-order valence-electron chi connectivity index (χ0n) is 10.9. The lowest BCUT2D eigenvalue weighted by Gasteiger charge is -2.12. The van der Waals surface area contributed by atoms with E-state index in [1.54, 1.807) is 7.11 Å². The first-order valence-electron chi connectivity index (χ1n) is 6.76. The highest BCUT2D eigenvalue weighted by Crippen LogP contribution is 2.20. The van der Waals surface area contributed by atoms with E-state index in [1.165, 1.54) is 12.8 Å². The van der Waals surface area contributed by atoms with Crippen LogP contribution in [0.3, 0.4) is 0 Å². The normalized spacial score (nSPS) is 24.8. The third kappa shape index (κ3) is 3.10. The molecule has 0 bridgehead atoms. The summed E-state index contributed by atoms with van der Waals surface area (Å²) in [5, 5.41) is 7.54. The van der Waals surface area contributed by atoms with Gasteiger partial charge in [0.1, 0.15) is 0 Å². The molecule has 100 valence electrons. The van der Waals surface area contributed by atoms with E-state index < -0.39 is 0 Å². The van der Waals surface area contributed by atoms with Crippen molar-refractivity contribution in [2.75, 3.05) is 20.2 Å². The number of ether oxygens (including phenoxy) is 1. The Morgan fingerprint density at radius 2 is 2.39 bits per heavy atom. The van der Waals surface area contributed by atoms with Gasteiger partial charge in [0, 0.05) is 38.9 Å². The Morgan fingerprint density at radius 3 is 3.11 bits per heavy atom. The van der Waals surface area contributed by atoms with Crippen LogP contribution < -0.4 is 5.32 Å². The molecule has 1 saturated heterocycles. The van der Waals surface area contributed by atoms with Gasteiger partial charge in [0.15, 0.2) is 5.76 Å². The Kier molecular flexibility index (Phi) is 3.63. The Balaban J connectivity index is 1.47. The van der Waals surface area contributed by atoms with Crippen molar-refractivity contribution < 1.29 is 9.26 Å². The van der Waals surface area contributed by atoms with Crippen molar-refractivity contribution in [3.63, 3.8) is 0 Å². The highest BCUT2D eigenvalue weighted by molar-refractivity contribution is 5.06. The van der Waals surface area contributed by atoms with Crippen LogP contribution in [-0.4, -0.2) is 42.4 Å². The first-order valence-corrected chi connectivity index (χ1v) is 6.76. The van der Waals surface area contributed by atoms with Gasteiger partial charge in [-0.15, -0.1) is 0 Å². The van der Waals surface area contributed by atoms with Crippen LogP contribution in [0, 0.1) is 0 Å². The van der Waals surface area contributed by atoms with Gasteiger partial charge in [-0.25, -0.2) is 0 Å². The summed E-state index contributed by atoms with van der Waals surface area (Å²) in [7, 11) is 1.78. The average molecular weight is 251 g/mol. The van der Waals surface area contributed by atoms with Gasteiger partial charge in [0.2, 0.25) is 0 Å². The standard InChI is InChI=1S/C13H21N3O2/c1-17-12-4-5-16(8-12)9-13-6-11(15-18-13)7-14-10-2-3-10/h6,10,12,14H,2-5,7-9H2,1H3. The largest absolute Gasteiger partial charge is 0.380 e.